The summed E-state index contributed by atoms with van der Waals surface area (Å²) in [6.45, 7) is 2.37. The molecule has 11 heteroatoms. The Labute approximate surface area is 361 Å². The summed E-state index contributed by atoms with van der Waals surface area (Å²) in [5.41, 5.74) is 0. The molecule has 10 nitrogen and oxygen atoms in total. The van der Waals surface area contributed by atoms with Gasteiger partial charge in [-0.05, 0) is 70.6 Å². The minimum Gasteiger partial charge on any atom is -0.462 e. The summed E-state index contributed by atoms with van der Waals surface area (Å²) in [5, 5.41) is 18.4. The Kier molecular flexibility index (Phi) is 42.9. The van der Waals surface area contributed by atoms with Crippen LogP contribution in [0.4, 0.5) is 0 Å². The van der Waals surface area contributed by atoms with Gasteiger partial charge in [-0.15, -0.1) is 0 Å². The molecule has 346 valence electrons. The van der Waals surface area contributed by atoms with Gasteiger partial charge in [0.25, 0.3) is 0 Å². The van der Waals surface area contributed by atoms with Gasteiger partial charge in [0.1, 0.15) is 12.7 Å². The Balaban J connectivity index is 4.23. The highest BCUT2D eigenvalue weighted by molar-refractivity contribution is 7.47. The number of phosphoric ester groups is 1. The lowest BCUT2D eigenvalue weighted by Crippen LogP contribution is -2.29. The second kappa shape index (κ2) is 44.3. The number of allylic oxidation sites excluding steroid dienone is 6. The van der Waals surface area contributed by atoms with Crippen LogP contribution >= 0.6 is 7.82 Å². The first-order valence-electron chi connectivity index (χ1n) is 23.9. The zero-order valence-corrected chi connectivity index (χ0v) is 38.6. The fourth-order valence-corrected chi connectivity index (χ4v) is 7.34. The molecule has 0 aliphatic rings. The van der Waals surface area contributed by atoms with E-state index < -0.39 is 51.8 Å². The lowest BCUT2D eigenvalue weighted by atomic mass is 10.1. The molecule has 0 aromatic carbocycles. The smallest absolute Gasteiger partial charge is 0.462 e. The van der Waals surface area contributed by atoms with Crippen molar-refractivity contribution >= 4 is 19.8 Å². The van der Waals surface area contributed by atoms with Gasteiger partial charge in [-0.1, -0.05) is 172 Å². The quantitative estimate of drug-likeness (QED) is 0.0234. The molecule has 0 spiro atoms. The number of hydrogen-bond acceptors (Lipinski definition) is 9. The first-order chi connectivity index (χ1) is 28.7. The summed E-state index contributed by atoms with van der Waals surface area (Å²) in [6.07, 6.45) is 46.7. The molecule has 3 atom stereocenters. The van der Waals surface area contributed by atoms with Crippen molar-refractivity contribution in [3.8, 4) is 0 Å². The van der Waals surface area contributed by atoms with E-state index in [0.717, 1.165) is 57.8 Å². The van der Waals surface area contributed by atoms with Gasteiger partial charge < -0.3 is 24.6 Å². The predicted octanol–water partition coefficient (Wildman–Crippen LogP) is 13.1. The van der Waals surface area contributed by atoms with Crippen LogP contribution < -0.4 is 0 Å². The molecular formula is C48H89O10P. The molecule has 3 N–H and O–H groups in total. The van der Waals surface area contributed by atoms with Crippen LogP contribution in [0.25, 0.3) is 0 Å². The molecule has 0 rings (SSSR count). The van der Waals surface area contributed by atoms with Gasteiger partial charge in [0.2, 0.25) is 0 Å². The van der Waals surface area contributed by atoms with Crippen LogP contribution in [-0.4, -0.2) is 65.7 Å². The highest BCUT2D eigenvalue weighted by Gasteiger charge is 2.27. The van der Waals surface area contributed by atoms with Crippen molar-refractivity contribution in [3.63, 3.8) is 0 Å². The Morgan fingerprint density at radius 2 is 0.881 bits per heavy atom. The van der Waals surface area contributed by atoms with E-state index in [1.54, 1.807) is 0 Å². The number of unbranched alkanes of at least 4 members (excludes halogenated alkanes) is 25. The molecule has 0 saturated heterocycles. The van der Waals surface area contributed by atoms with E-state index in [1.165, 1.54) is 122 Å². The van der Waals surface area contributed by atoms with Crippen molar-refractivity contribution in [1.29, 1.82) is 0 Å². The van der Waals surface area contributed by atoms with Crippen molar-refractivity contribution in [2.24, 2.45) is 0 Å². The molecule has 0 aliphatic carbocycles. The van der Waals surface area contributed by atoms with Gasteiger partial charge in [0.05, 0.1) is 19.8 Å². The maximum absolute atomic E-state index is 12.7. The van der Waals surface area contributed by atoms with Crippen molar-refractivity contribution < 1.29 is 47.8 Å². The number of aliphatic hydroxyl groups is 2. The van der Waals surface area contributed by atoms with Crippen molar-refractivity contribution in [3.05, 3.63) is 36.5 Å². The van der Waals surface area contributed by atoms with Crippen LogP contribution in [0.1, 0.15) is 219 Å². The normalized spacial score (nSPS) is 14.1. The van der Waals surface area contributed by atoms with Gasteiger partial charge >= 0.3 is 19.8 Å². The average molecular weight is 857 g/mol. The molecule has 0 saturated carbocycles. The van der Waals surface area contributed by atoms with Crippen molar-refractivity contribution in [2.45, 2.75) is 232 Å². The number of carbonyl (C=O) groups excluding carboxylic acids is 2. The number of esters is 2. The zero-order chi connectivity index (χ0) is 43.3. The van der Waals surface area contributed by atoms with Gasteiger partial charge in [-0.25, -0.2) is 4.57 Å². The number of carbonyl (C=O) groups is 2. The number of phosphoric acid groups is 1. The molecule has 0 fully saturated rings. The Bertz CT molecular complexity index is 1080. The van der Waals surface area contributed by atoms with Crippen LogP contribution in [0, 0.1) is 0 Å². The van der Waals surface area contributed by atoms with Crippen LogP contribution in [0.3, 0.4) is 0 Å². The fourth-order valence-electron chi connectivity index (χ4n) is 6.55. The van der Waals surface area contributed by atoms with Gasteiger partial charge in [0.15, 0.2) is 6.10 Å². The Morgan fingerprint density at radius 3 is 1.36 bits per heavy atom. The topological polar surface area (TPSA) is 149 Å². The molecule has 0 aromatic rings. The first-order valence-corrected chi connectivity index (χ1v) is 25.4. The summed E-state index contributed by atoms with van der Waals surface area (Å²) < 4.78 is 32.8. The van der Waals surface area contributed by atoms with Gasteiger partial charge in [-0.2, -0.15) is 0 Å². The third-order valence-corrected chi connectivity index (χ3v) is 11.2. The summed E-state index contributed by atoms with van der Waals surface area (Å²) >= 11 is 0. The minimum atomic E-state index is -4.62. The minimum absolute atomic E-state index is 0.179. The molecule has 0 aliphatic heterocycles. The van der Waals surface area contributed by atoms with E-state index in [9.17, 15) is 24.2 Å². The number of ether oxygens (including phenoxy) is 2. The number of aliphatic hydroxyl groups excluding tert-OH is 2. The van der Waals surface area contributed by atoms with Gasteiger partial charge in [0, 0.05) is 12.8 Å². The zero-order valence-electron chi connectivity index (χ0n) is 37.7. The average Bonchev–Trinajstić information content (AvgIpc) is 3.22. The molecule has 0 radical (unpaired) electrons. The first kappa shape index (κ1) is 57.2. The second-order valence-electron chi connectivity index (χ2n) is 16.1. The largest absolute Gasteiger partial charge is 0.472 e. The van der Waals surface area contributed by atoms with Crippen molar-refractivity contribution in [2.75, 3.05) is 26.4 Å². The van der Waals surface area contributed by atoms with Crippen LogP contribution in [-0.2, 0) is 32.7 Å². The van der Waals surface area contributed by atoms with E-state index in [0.29, 0.717) is 12.8 Å². The van der Waals surface area contributed by atoms with Crippen molar-refractivity contribution in [1.82, 2.24) is 0 Å². The maximum Gasteiger partial charge on any atom is 0.472 e. The summed E-state index contributed by atoms with van der Waals surface area (Å²) in [5.74, 6) is -0.929. The maximum atomic E-state index is 12.7. The number of rotatable bonds is 45. The molecule has 0 aromatic heterocycles. The van der Waals surface area contributed by atoms with Crippen LogP contribution in [0.5, 0.6) is 0 Å². The predicted molar refractivity (Wildman–Crippen MR) is 242 cm³/mol. The molecule has 0 amide bonds. The molecule has 59 heavy (non-hydrogen) atoms. The van der Waals surface area contributed by atoms with E-state index >= 15 is 0 Å². The third kappa shape index (κ3) is 44.1. The van der Waals surface area contributed by atoms with Crippen LogP contribution in [0.15, 0.2) is 36.5 Å². The summed E-state index contributed by atoms with van der Waals surface area (Å²) in [7, 11) is -4.62. The highest BCUT2D eigenvalue weighted by Crippen LogP contribution is 2.43. The standard InChI is InChI=1S/C48H89O10P/c1-3-5-7-9-11-13-15-17-19-21-22-24-26-28-30-32-34-36-38-40-48(52)58-46(44-57-59(53,54)56-42-45(50)41-49)43-55-47(51)39-37-35-33-31-29-27-25-23-20-18-16-14-12-10-8-6-4-2/h11,13,17-20,45-46,49-50H,3-10,12,14-16,21-44H2,1-2H3,(H,53,54)/b13-11-,19-17-,20-18-/t45-,46+/m0/s1. The summed E-state index contributed by atoms with van der Waals surface area (Å²) in [6, 6.07) is 0. The molecule has 1 unspecified atom stereocenters. The van der Waals surface area contributed by atoms with Gasteiger partial charge in [-0.3, -0.25) is 18.6 Å². The molecule has 0 bridgehead atoms. The summed E-state index contributed by atoms with van der Waals surface area (Å²) in [4.78, 5) is 35.1. The SMILES string of the molecule is CCCCC/C=C\C/C=C\CCCCCCCCCCCC(=O)O[C@H](COC(=O)CCCCCCCCC/C=C\CCCCCCCC)COP(=O)(O)OC[C@@H](O)CO. The number of hydrogen-bond donors (Lipinski definition) is 3. The third-order valence-electron chi connectivity index (χ3n) is 10.3. The monoisotopic (exact) mass is 857 g/mol. The Morgan fingerprint density at radius 1 is 0.508 bits per heavy atom. The Hall–Kier alpha value is -1.81. The lowest BCUT2D eigenvalue weighted by Gasteiger charge is -2.20. The second-order valence-corrected chi connectivity index (χ2v) is 17.6. The van der Waals surface area contributed by atoms with E-state index in [-0.39, 0.29) is 19.4 Å². The van der Waals surface area contributed by atoms with Crippen LogP contribution in [0.2, 0.25) is 0 Å². The van der Waals surface area contributed by atoms with E-state index in [2.05, 4.69) is 50.3 Å². The lowest BCUT2D eigenvalue weighted by molar-refractivity contribution is -0.161. The fraction of sp³-hybridized carbons (Fsp3) is 0.833. The van der Waals surface area contributed by atoms with E-state index in [4.69, 9.17) is 23.6 Å². The molecule has 0 heterocycles. The molecular weight excluding hydrogens is 767 g/mol. The van der Waals surface area contributed by atoms with E-state index in [1.807, 2.05) is 0 Å². The highest BCUT2D eigenvalue weighted by atomic mass is 31.2.